The molecule has 1 aliphatic carbocycles. The molecule has 1 amide bonds. The Bertz CT molecular complexity index is 699. The highest BCUT2D eigenvalue weighted by Gasteiger charge is 2.46. The zero-order valence-corrected chi connectivity index (χ0v) is 14.1. The first kappa shape index (κ1) is 14.8. The zero-order valence-electron chi connectivity index (χ0n) is 13.3. The molecule has 2 aromatic rings. The maximum absolute atomic E-state index is 12.8. The second-order valence-corrected chi connectivity index (χ2v) is 7.58. The summed E-state index contributed by atoms with van der Waals surface area (Å²) in [6, 6.07) is 4.04. The molecule has 4 nitrogen and oxygen atoms in total. The fourth-order valence-electron chi connectivity index (χ4n) is 3.60. The van der Waals surface area contributed by atoms with Crippen molar-refractivity contribution in [2.45, 2.75) is 38.0 Å². The number of hydrogen-bond donors (Lipinski definition) is 0. The van der Waals surface area contributed by atoms with Crippen LogP contribution in [0.2, 0.25) is 0 Å². The summed E-state index contributed by atoms with van der Waals surface area (Å²) in [5.74, 6) is 1.29. The van der Waals surface area contributed by atoms with Crippen molar-refractivity contribution < 1.29 is 4.79 Å². The maximum atomic E-state index is 12.8. The number of piperidine rings is 1. The van der Waals surface area contributed by atoms with Gasteiger partial charge in [-0.1, -0.05) is 6.07 Å². The molecule has 2 aromatic heterocycles. The number of rotatable bonds is 3. The van der Waals surface area contributed by atoms with Gasteiger partial charge in [0.1, 0.15) is 0 Å². The first-order valence-electron chi connectivity index (χ1n) is 8.33. The number of thiazole rings is 1. The lowest BCUT2D eigenvalue weighted by molar-refractivity contribution is -0.133. The van der Waals surface area contributed by atoms with E-state index in [4.69, 9.17) is 0 Å². The molecule has 1 saturated carbocycles. The molecule has 2 fully saturated rings. The Balaban J connectivity index is 1.41. The quantitative estimate of drug-likeness (QED) is 0.868. The van der Waals surface area contributed by atoms with Crippen LogP contribution >= 0.6 is 11.3 Å². The van der Waals surface area contributed by atoms with Crippen LogP contribution in [0.4, 0.5) is 0 Å². The summed E-state index contributed by atoms with van der Waals surface area (Å²) in [5, 5.41) is 3.30. The van der Waals surface area contributed by atoms with Crippen molar-refractivity contribution in [1.82, 2.24) is 14.9 Å². The smallest absolute Gasteiger partial charge is 0.226 e. The van der Waals surface area contributed by atoms with Crippen molar-refractivity contribution in [2.24, 2.45) is 5.92 Å². The molecule has 3 heterocycles. The van der Waals surface area contributed by atoms with E-state index in [0.29, 0.717) is 17.7 Å². The van der Waals surface area contributed by atoms with Gasteiger partial charge < -0.3 is 4.90 Å². The highest BCUT2D eigenvalue weighted by Crippen LogP contribution is 2.48. The number of nitrogens with zero attached hydrogens (tertiary/aromatic N) is 3. The van der Waals surface area contributed by atoms with Crippen LogP contribution in [-0.4, -0.2) is 33.9 Å². The summed E-state index contributed by atoms with van der Waals surface area (Å²) >= 11 is 1.73. The van der Waals surface area contributed by atoms with Gasteiger partial charge in [-0.05, 0) is 43.7 Å². The molecule has 1 aliphatic heterocycles. The molecular formula is C18H21N3OS. The molecule has 0 radical (unpaired) electrons. The van der Waals surface area contributed by atoms with E-state index < -0.39 is 0 Å². The third-order valence-electron chi connectivity index (χ3n) is 4.94. The SMILES string of the molecule is Cc1csc([C@@H]2CCCN(C(=O)[C@@H]3C[C@H]3c3cccnc3)C2)n1. The van der Waals surface area contributed by atoms with E-state index in [0.717, 1.165) is 38.0 Å². The number of pyridine rings is 1. The van der Waals surface area contributed by atoms with E-state index in [1.807, 2.05) is 19.2 Å². The summed E-state index contributed by atoms with van der Waals surface area (Å²) in [6.45, 7) is 3.77. The molecule has 4 rings (SSSR count). The van der Waals surface area contributed by atoms with Gasteiger partial charge in [0, 0.05) is 48.4 Å². The van der Waals surface area contributed by atoms with E-state index in [2.05, 4.69) is 26.3 Å². The Labute approximate surface area is 140 Å². The number of amides is 1. The molecule has 120 valence electrons. The van der Waals surface area contributed by atoms with E-state index >= 15 is 0 Å². The minimum Gasteiger partial charge on any atom is -0.342 e. The summed E-state index contributed by atoms with van der Waals surface area (Å²) in [6.07, 6.45) is 6.89. The fraction of sp³-hybridized carbons (Fsp3) is 0.500. The van der Waals surface area contributed by atoms with Gasteiger partial charge in [0.2, 0.25) is 5.91 Å². The lowest BCUT2D eigenvalue weighted by atomic mass is 9.98. The van der Waals surface area contributed by atoms with E-state index in [-0.39, 0.29) is 5.92 Å². The summed E-state index contributed by atoms with van der Waals surface area (Å²) in [5.41, 5.74) is 2.29. The molecule has 2 aliphatic rings. The van der Waals surface area contributed by atoms with Crippen molar-refractivity contribution in [3.8, 4) is 0 Å². The van der Waals surface area contributed by atoms with Crippen molar-refractivity contribution in [3.05, 3.63) is 46.2 Å². The Morgan fingerprint density at radius 3 is 3.09 bits per heavy atom. The monoisotopic (exact) mass is 327 g/mol. The van der Waals surface area contributed by atoms with Crippen LogP contribution in [0.25, 0.3) is 0 Å². The van der Waals surface area contributed by atoms with Crippen molar-refractivity contribution in [2.75, 3.05) is 13.1 Å². The Kier molecular flexibility index (Phi) is 3.89. The largest absolute Gasteiger partial charge is 0.342 e. The van der Waals surface area contributed by atoms with Gasteiger partial charge >= 0.3 is 0 Å². The highest BCUT2D eigenvalue weighted by molar-refractivity contribution is 7.09. The molecule has 3 atom stereocenters. The first-order chi connectivity index (χ1) is 11.2. The average Bonchev–Trinajstić information content (AvgIpc) is 3.29. The fourth-order valence-corrected chi connectivity index (χ4v) is 4.53. The normalized spacial score (nSPS) is 27.0. The molecule has 0 spiro atoms. The predicted molar refractivity (Wildman–Crippen MR) is 90.5 cm³/mol. The molecule has 0 N–H and O–H groups in total. The number of carbonyl (C=O) groups excluding carboxylic acids is 1. The van der Waals surface area contributed by atoms with Crippen LogP contribution in [0.3, 0.4) is 0 Å². The van der Waals surface area contributed by atoms with Gasteiger partial charge in [0.05, 0.1) is 5.01 Å². The topological polar surface area (TPSA) is 46.1 Å². The van der Waals surface area contributed by atoms with Gasteiger partial charge in [-0.15, -0.1) is 11.3 Å². The minimum atomic E-state index is 0.163. The van der Waals surface area contributed by atoms with Crippen LogP contribution in [0, 0.1) is 12.8 Å². The molecule has 0 unspecified atom stereocenters. The molecule has 1 saturated heterocycles. The van der Waals surface area contributed by atoms with Crippen LogP contribution < -0.4 is 0 Å². The van der Waals surface area contributed by atoms with Crippen LogP contribution in [0.1, 0.15) is 47.4 Å². The zero-order chi connectivity index (χ0) is 15.8. The molecule has 0 bridgehead atoms. The van der Waals surface area contributed by atoms with Crippen molar-refractivity contribution >= 4 is 17.2 Å². The van der Waals surface area contributed by atoms with E-state index in [9.17, 15) is 4.79 Å². The number of carbonyl (C=O) groups is 1. The Morgan fingerprint density at radius 1 is 1.43 bits per heavy atom. The van der Waals surface area contributed by atoms with Crippen molar-refractivity contribution in [1.29, 1.82) is 0 Å². The first-order valence-corrected chi connectivity index (χ1v) is 9.21. The average molecular weight is 327 g/mol. The number of likely N-dealkylation sites (tertiary alicyclic amines) is 1. The number of hydrogen-bond acceptors (Lipinski definition) is 4. The molecule has 23 heavy (non-hydrogen) atoms. The summed E-state index contributed by atoms with van der Waals surface area (Å²) in [4.78, 5) is 23.7. The van der Waals surface area contributed by atoms with Crippen LogP contribution in [0.5, 0.6) is 0 Å². The van der Waals surface area contributed by atoms with Gasteiger partial charge in [0.15, 0.2) is 0 Å². The second kappa shape index (κ2) is 6.04. The lowest BCUT2D eigenvalue weighted by Gasteiger charge is -2.32. The minimum absolute atomic E-state index is 0.163. The molecule has 5 heteroatoms. The predicted octanol–water partition coefficient (Wildman–Crippen LogP) is 3.36. The third kappa shape index (κ3) is 3.02. The Morgan fingerprint density at radius 2 is 2.35 bits per heavy atom. The Hall–Kier alpha value is -1.75. The lowest BCUT2D eigenvalue weighted by Crippen LogP contribution is -2.40. The standard InChI is InChI=1S/C18H21N3OS/c1-12-11-23-17(20-12)14-5-3-7-21(10-14)18(22)16-8-15(16)13-4-2-6-19-9-13/h2,4,6,9,11,14-16H,3,5,7-8,10H2,1H3/t14-,15+,16-/m1/s1. The van der Waals surface area contributed by atoms with Gasteiger partial charge in [-0.3, -0.25) is 9.78 Å². The summed E-state index contributed by atoms with van der Waals surface area (Å²) in [7, 11) is 0. The maximum Gasteiger partial charge on any atom is 0.226 e. The molecule has 0 aromatic carbocycles. The number of aromatic nitrogens is 2. The molecular weight excluding hydrogens is 306 g/mol. The van der Waals surface area contributed by atoms with Crippen LogP contribution in [-0.2, 0) is 4.79 Å². The third-order valence-corrected chi connectivity index (χ3v) is 6.06. The second-order valence-electron chi connectivity index (χ2n) is 6.69. The van der Waals surface area contributed by atoms with Gasteiger partial charge in [0.25, 0.3) is 0 Å². The highest BCUT2D eigenvalue weighted by atomic mass is 32.1. The summed E-state index contributed by atoms with van der Waals surface area (Å²) < 4.78 is 0. The van der Waals surface area contributed by atoms with Gasteiger partial charge in [-0.25, -0.2) is 4.98 Å². The van der Waals surface area contributed by atoms with Gasteiger partial charge in [-0.2, -0.15) is 0 Å². The van der Waals surface area contributed by atoms with E-state index in [1.165, 1.54) is 10.6 Å². The van der Waals surface area contributed by atoms with E-state index in [1.54, 1.807) is 17.5 Å². The van der Waals surface area contributed by atoms with Crippen LogP contribution in [0.15, 0.2) is 29.9 Å². The van der Waals surface area contributed by atoms with Crippen molar-refractivity contribution in [3.63, 3.8) is 0 Å². The number of aryl methyl sites for hydroxylation is 1.